The first-order chi connectivity index (χ1) is 17.5. The number of rotatable bonds is 5. The number of ether oxygens (including phenoxy) is 2. The topological polar surface area (TPSA) is 76.0 Å². The number of anilines is 1. The van der Waals surface area contributed by atoms with E-state index >= 15 is 4.39 Å². The minimum absolute atomic E-state index is 0.0107. The maximum Gasteiger partial charge on any atom is 0.256 e. The number of morpholine rings is 1. The van der Waals surface area contributed by atoms with Gasteiger partial charge in [-0.15, -0.1) is 0 Å². The van der Waals surface area contributed by atoms with Gasteiger partial charge in [0.1, 0.15) is 16.8 Å². The summed E-state index contributed by atoms with van der Waals surface area (Å²) in [6, 6.07) is 9.03. The first kappa shape index (κ1) is 23.0. The number of para-hydroxylation sites is 2. The number of nitrogens with zero attached hydrogens (tertiary/aromatic N) is 3. The molecule has 36 heavy (non-hydrogen) atoms. The molecule has 2 aromatic carbocycles. The van der Waals surface area contributed by atoms with E-state index in [4.69, 9.17) is 9.47 Å². The highest BCUT2D eigenvalue weighted by molar-refractivity contribution is 6.01. The number of fused-ring (bicyclic) bond motifs is 2. The third kappa shape index (κ3) is 3.83. The monoisotopic (exact) mass is 492 g/mol. The molecule has 0 spiro atoms. The van der Waals surface area contributed by atoms with Gasteiger partial charge in [0.05, 0.1) is 24.3 Å². The zero-order valence-electron chi connectivity index (χ0n) is 20.3. The number of hydrogen-bond donors (Lipinski definition) is 1. The third-order valence-electron chi connectivity index (χ3n) is 7.51. The lowest BCUT2D eigenvalue weighted by Gasteiger charge is -2.33. The number of aromatic nitrogens is 1. The summed E-state index contributed by atoms with van der Waals surface area (Å²) in [5.41, 5.74) is 0.949. The van der Waals surface area contributed by atoms with E-state index in [9.17, 15) is 9.59 Å². The highest BCUT2D eigenvalue weighted by atomic mass is 19.1. The Morgan fingerprint density at radius 2 is 2.00 bits per heavy atom. The summed E-state index contributed by atoms with van der Waals surface area (Å²) >= 11 is 0. The van der Waals surface area contributed by atoms with E-state index < -0.39 is 17.2 Å². The van der Waals surface area contributed by atoms with Crippen molar-refractivity contribution in [1.82, 2.24) is 14.8 Å². The molecule has 3 aliphatic rings. The van der Waals surface area contributed by atoms with Crippen molar-refractivity contribution in [1.29, 1.82) is 0 Å². The normalized spacial score (nSPS) is 19.3. The predicted octanol–water partition coefficient (Wildman–Crippen LogP) is 3.29. The molecule has 8 nitrogen and oxygen atoms in total. The van der Waals surface area contributed by atoms with Crippen molar-refractivity contribution < 1.29 is 18.7 Å². The average molecular weight is 493 g/mol. The van der Waals surface area contributed by atoms with E-state index in [2.05, 4.69) is 17.3 Å². The fourth-order valence-electron chi connectivity index (χ4n) is 5.59. The van der Waals surface area contributed by atoms with Gasteiger partial charge in [-0.3, -0.25) is 9.59 Å². The van der Waals surface area contributed by atoms with E-state index in [1.165, 1.54) is 6.07 Å². The van der Waals surface area contributed by atoms with Crippen LogP contribution < -0.4 is 20.4 Å². The van der Waals surface area contributed by atoms with Gasteiger partial charge in [0.25, 0.3) is 5.91 Å². The van der Waals surface area contributed by atoms with Crippen molar-refractivity contribution in [3.05, 3.63) is 58.1 Å². The number of amides is 1. The van der Waals surface area contributed by atoms with Crippen molar-refractivity contribution in [3.8, 4) is 17.2 Å². The van der Waals surface area contributed by atoms with Crippen molar-refractivity contribution in [2.24, 2.45) is 0 Å². The van der Waals surface area contributed by atoms with Gasteiger partial charge in [-0.25, -0.2) is 4.39 Å². The molecule has 0 saturated carbocycles. The number of hydrogen-bond acceptors (Lipinski definition) is 6. The number of nitrogens with one attached hydrogen (secondary N) is 1. The van der Waals surface area contributed by atoms with E-state index in [0.717, 1.165) is 25.8 Å². The summed E-state index contributed by atoms with van der Waals surface area (Å²) in [5.74, 6) is -0.177. The fourth-order valence-corrected chi connectivity index (χ4v) is 5.59. The van der Waals surface area contributed by atoms with E-state index in [-0.39, 0.29) is 10.9 Å². The smallest absolute Gasteiger partial charge is 0.256 e. The van der Waals surface area contributed by atoms with Crippen LogP contribution in [-0.4, -0.2) is 67.9 Å². The SMILES string of the molecule is CN1CCCC1CCNC(=O)c1cn2c3c(c(N4CCOCC4)c(F)cc3c1=O)Oc1ccccc1-2. The molecule has 6 rings (SSSR count). The Morgan fingerprint density at radius 1 is 1.19 bits per heavy atom. The molecule has 0 radical (unpaired) electrons. The highest BCUT2D eigenvalue weighted by Gasteiger charge is 2.31. The van der Waals surface area contributed by atoms with Gasteiger partial charge in [-0.05, 0) is 51.1 Å². The second-order valence-corrected chi connectivity index (χ2v) is 9.66. The minimum Gasteiger partial charge on any atom is -0.451 e. The van der Waals surface area contributed by atoms with E-state index in [0.29, 0.717) is 67.3 Å². The molecule has 1 amide bonds. The first-order valence-corrected chi connectivity index (χ1v) is 12.5. The van der Waals surface area contributed by atoms with Crippen molar-refractivity contribution in [2.45, 2.75) is 25.3 Å². The molecule has 188 valence electrons. The molecular formula is C27H29FN4O4. The molecule has 3 aromatic rings. The van der Waals surface area contributed by atoms with Crippen LogP contribution in [-0.2, 0) is 4.74 Å². The van der Waals surface area contributed by atoms with E-state index in [1.54, 1.807) is 16.8 Å². The van der Waals surface area contributed by atoms with Crippen molar-refractivity contribution >= 4 is 22.5 Å². The quantitative estimate of drug-likeness (QED) is 0.461. The zero-order valence-corrected chi connectivity index (χ0v) is 20.3. The Labute approximate surface area is 208 Å². The standard InChI is InChI=1S/C27H29FN4O4/c1-30-10-4-5-17(30)8-9-29-27(34)19-16-32-21-6-2-3-7-22(21)36-26-23(32)18(25(19)33)15-20(28)24(26)31-11-13-35-14-12-31/h2-3,6-7,15-17H,4-5,8-14H2,1H3,(H,29,34). The van der Waals surface area contributed by atoms with Crippen LogP contribution in [0.5, 0.6) is 11.5 Å². The Balaban J connectivity index is 1.44. The van der Waals surface area contributed by atoms with Crippen molar-refractivity contribution in [2.75, 3.05) is 51.3 Å². The number of carbonyl (C=O) groups excluding carboxylic acids is 1. The predicted molar refractivity (Wildman–Crippen MR) is 135 cm³/mol. The summed E-state index contributed by atoms with van der Waals surface area (Å²) in [4.78, 5) is 30.8. The lowest BCUT2D eigenvalue weighted by atomic mass is 10.0. The maximum atomic E-state index is 15.6. The Morgan fingerprint density at radius 3 is 2.78 bits per heavy atom. The highest BCUT2D eigenvalue weighted by Crippen LogP contribution is 2.46. The molecule has 2 saturated heterocycles. The van der Waals surface area contributed by atoms with Crippen LogP contribution >= 0.6 is 0 Å². The molecule has 3 aliphatic heterocycles. The lowest BCUT2D eigenvalue weighted by Crippen LogP contribution is -2.37. The second kappa shape index (κ2) is 9.22. The summed E-state index contributed by atoms with van der Waals surface area (Å²) in [6.45, 7) is 3.53. The lowest BCUT2D eigenvalue weighted by molar-refractivity contribution is 0.0949. The molecule has 4 heterocycles. The van der Waals surface area contributed by atoms with Gasteiger partial charge >= 0.3 is 0 Å². The molecule has 0 aliphatic carbocycles. The first-order valence-electron chi connectivity index (χ1n) is 12.5. The number of carbonyl (C=O) groups is 1. The van der Waals surface area contributed by atoms with Gasteiger partial charge in [-0.2, -0.15) is 0 Å². The van der Waals surface area contributed by atoms with Crippen LogP contribution in [0.25, 0.3) is 16.6 Å². The van der Waals surface area contributed by atoms with Gasteiger partial charge in [0.15, 0.2) is 17.3 Å². The average Bonchev–Trinajstić information content (AvgIpc) is 3.30. The summed E-state index contributed by atoms with van der Waals surface area (Å²) in [5, 5.41) is 3.03. The van der Waals surface area contributed by atoms with Crippen molar-refractivity contribution in [3.63, 3.8) is 0 Å². The molecule has 9 heteroatoms. The van der Waals surface area contributed by atoms with Gasteiger partial charge < -0.3 is 29.2 Å². The van der Waals surface area contributed by atoms with Crippen LogP contribution in [0.4, 0.5) is 10.1 Å². The molecule has 1 unspecified atom stereocenters. The van der Waals surface area contributed by atoms with Gasteiger partial charge in [0, 0.05) is 31.9 Å². The van der Waals surface area contributed by atoms with Crippen LogP contribution in [0.1, 0.15) is 29.6 Å². The molecule has 1 atom stereocenters. The molecule has 1 N–H and O–H groups in total. The maximum absolute atomic E-state index is 15.6. The zero-order chi connectivity index (χ0) is 24.8. The molecular weight excluding hydrogens is 463 g/mol. The fraction of sp³-hybridized carbons (Fsp3) is 0.407. The number of benzene rings is 2. The largest absolute Gasteiger partial charge is 0.451 e. The Hall–Kier alpha value is -3.43. The van der Waals surface area contributed by atoms with Crippen LogP contribution in [0.15, 0.2) is 41.3 Å². The number of halogens is 1. The second-order valence-electron chi connectivity index (χ2n) is 9.66. The van der Waals surface area contributed by atoms with Crippen LogP contribution in [0.2, 0.25) is 0 Å². The number of likely N-dealkylation sites (tertiary alicyclic amines) is 1. The summed E-state index contributed by atoms with van der Waals surface area (Å²) in [7, 11) is 2.09. The summed E-state index contributed by atoms with van der Waals surface area (Å²) in [6.07, 6.45) is 4.65. The van der Waals surface area contributed by atoms with Gasteiger partial charge in [0.2, 0.25) is 5.43 Å². The minimum atomic E-state index is -0.552. The third-order valence-corrected chi connectivity index (χ3v) is 7.51. The molecule has 0 bridgehead atoms. The van der Waals surface area contributed by atoms with E-state index in [1.807, 2.05) is 23.1 Å². The number of pyridine rings is 1. The summed E-state index contributed by atoms with van der Waals surface area (Å²) < 4.78 is 29.0. The Kier molecular flexibility index (Phi) is 5.89. The van der Waals surface area contributed by atoms with Crippen LogP contribution in [0, 0.1) is 5.82 Å². The Bertz CT molecular complexity index is 1400. The van der Waals surface area contributed by atoms with Gasteiger partial charge in [-0.1, -0.05) is 12.1 Å². The molecule has 2 fully saturated rings. The molecule has 1 aromatic heterocycles. The van der Waals surface area contributed by atoms with Crippen LogP contribution in [0.3, 0.4) is 0 Å².